The highest BCUT2D eigenvalue weighted by Gasteiger charge is 2.16. The average Bonchev–Trinajstić information content (AvgIpc) is 3.05. The Morgan fingerprint density at radius 2 is 2.61 bits per heavy atom. The zero-order chi connectivity index (χ0) is 12.8. The molecule has 1 fully saturated rings. The van der Waals surface area contributed by atoms with Crippen LogP contribution in [0.2, 0.25) is 0 Å². The van der Waals surface area contributed by atoms with E-state index < -0.39 is 0 Å². The Hall–Kier alpha value is -1.40. The van der Waals surface area contributed by atoms with Crippen LogP contribution in [-0.2, 0) is 9.47 Å². The molecule has 1 atom stereocenters. The number of nitrogens with one attached hydrogen (secondary N) is 1. The second-order valence-corrected chi connectivity index (χ2v) is 4.86. The van der Waals surface area contributed by atoms with E-state index in [-0.39, 0.29) is 18.0 Å². The normalized spacial score (nSPS) is 19.8. The summed E-state index contributed by atoms with van der Waals surface area (Å²) in [6, 6.07) is 3.83. The highest BCUT2D eigenvalue weighted by atomic mass is 32.1. The van der Waals surface area contributed by atoms with Crippen molar-refractivity contribution < 1.29 is 14.3 Å². The second kappa shape index (κ2) is 6.51. The molecule has 1 amide bonds. The molecular weight excluding hydrogens is 252 g/mol. The quantitative estimate of drug-likeness (QED) is 0.670. The monoisotopic (exact) mass is 268 g/mol. The molecule has 0 radical (unpaired) electrons. The SMILES string of the molecule is COC(=NC[C@@H]1CCCO1)NC(=O)c1cccs1. The van der Waals surface area contributed by atoms with E-state index in [4.69, 9.17) is 9.47 Å². The van der Waals surface area contributed by atoms with Gasteiger partial charge in [0.1, 0.15) is 0 Å². The van der Waals surface area contributed by atoms with Crippen LogP contribution in [0.3, 0.4) is 0 Å². The standard InChI is InChI=1S/C12H16N2O3S/c1-16-12(13-8-9-4-2-6-17-9)14-11(15)10-5-3-7-18-10/h3,5,7,9H,2,4,6,8H2,1H3,(H,13,14,15)/t9-/m0/s1. The lowest BCUT2D eigenvalue weighted by atomic mass is 10.2. The third kappa shape index (κ3) is 3.54. The Morgan fingerprint density at radius 1 is 1.72 bits per heavy atom. The average molecular weight is 268 g/mol. The first-order valence-corrected chi connectivity index (χ1v) is 6.72. The summed E-state index contributed by atoms with van der Waals surface area (Å²) >= 11 is 1.38. The molecule has 0 aliphatic carbocycles. The van der Waals surface area contributed by atoms with E-state index in [9.17, 15) is 4.79 Å². The topological polar surface area (TPSA) is 59.9 Å². The number of aliphatic imine (C=N–C) groups is 1. The summed E-state index contributed by atoms with van der Waals surface area (Å²) in [6.45, 7) is 1.32. The summed E-state index contributed by atoms with van der Waals surface area (Å²) in [5, 5.41) is 4.49. The molecule has 0 spiro atoms. The van der Waals surface area contributed by atoms with E-state index in [1.54, 1.807) is 6.07 Å². The molecule has 1 saturated heterocycles. The highest BCUT2D eigenvalue weighted by molar-refractivity contribution is 7.12. The molecule has 1 aromatic rings. The number of rotatable bonds is 3. The summed E-state index contributed by atoms with van der Waals surface area (Å²) in [4.78, 5) is 16.6. The fourth-order valence-corrected chi connectivity index (χ4v) is 2.31. The number of amidine groups is 1. The molecule has 0 unspecified atom stereocenters. The van der Waals surface area contributed by atoms with Gasteiger partial charge in [-0.1, -0.05) is 6.07 Å². The van der Waals surface area contributed by atoms with Gasteiger partial charge in [-0.25, -0.2) is 4.99 Å². The van der Waals surface area contributed by atoms with E-state index in [1.807, 2.05) is 11.4 Å². The minimum Gasteiger partial charge on any atom is -0.468 e. The van der Waals surface area contributed by atoms with E-state index >= 15 is 0 Å². The number of ether oxygens (including phenoxy) is 2. The maximum Gasteiger partial charge on any atom is 0.291 e. The molecule has 98 valence electrons. The zero-order valence-corrected chi connectivity index (χ0v) is 11.0. The van der Waals surface area contributed by atoms with Gasteiger partial charge < -0.3 is 9.47 Å². The van der Waals surface area contributed by atoms with Crippen LogP contribution in [0.15, 0.2) is 22.5 Å². The van der Waals surface area contributed by atoms with Crippen molar-refractivity contribution >= 4 is 23.3 Å². The maximum atomic E-state index is 11.8. The van der Waals surface area contributed by atoms with E-state index in [1.165, 1.54) is 18.4 Å². The number of nitrogens with zero attached hydrogens (tertiary/aromatic N) is 1. The van der Waals surface area contributed by atoms with Gasteiger partial charge in [0.15, 0.2) is 0 Å². The first kappa shape index (κ1) is 13.0. The Labute approximate surface area is 110 Å². The fraction of sp³-hybridized carbons (Fsp3) is 0.500. The summed E-state index contributed by atoms with van der Waals surface area (Å²) in [5.41, 5.74) is 0. The molecule has 2 rings (SSSR count). The molecule has 0 aromatic carbocycles. The molecule has 0 saturated carbocycles. The Bertz CT molecular complexity index is 411. The van der Waals surface area contributed by atoms with Crippen molar-refractivity contribution in [1.29, 1.82) is 0 Å². The van der Waals surface area contributed by atoms with Gasteiger partial charge in [-0.2, -0.15) is 0 Å². The molecule has 6 heteroatoms. The maximum absolute atomic E-state index is 11.8. The van der Waals surface area contributed by atoms with Crippen LogP contribution in [0, 0.1) is 0 Å². The molecule has 5 nitrogen and oxygen atoms in total. The Morgan fingerprint density at radius 3 is 3.22 bits per heavy atom. The molecule has 0 bridgehead atoms. The number of carbonyl (C=O) groups is 1. The number of thiophene rings is 1. The number of amides is 1. The molecule has 2 heterocycles. The van der Waals surface area contributed by atoms with Gasteiger partial charge in [0.05, 0.1) is 24.6 Å². The van der Waals surface area contributed by atoms with Gasteiger partial charge in [0.25, 0.3) is 11.9 Å². The van der Waals surface area contributed by atoms with Crippen LogP contribution in [0.25, 0.3) is 0 Å². The van der Waals surface area contributed by atoms with E-state index in [0.29, 0.717) is 11.4 Å². The predicted molar refractivity (Wildman–Crippen MR) is 70.1 cm³/mol. The zero-order valence-electron chi connectivity index (χ0n) is 10.2. The van der Waals surface area contributed by atoms with E-state index in [2.05, 4.69) is 10.3 Å². The van der Waals surface area contributed by atoms with Gasteiger partial charge in [-0.15, -0.1) is 11.3 Å². The van der Waals surface area contributed by atoms with Gasteiger partial charge in [0.2, 0.25) is 0 Å². The number of hydrogen-bond donors (Lipinski definition) is 1. The van der Waals surface area contributed by atoms with Crippen molar-refractivity contribution in [3.8, 4) is 0 Å². The molecule has 1 aromatic heterocycles. The first-order chi connectivity index (χ1) is 8.79. The van der Waals surface area contributed by atoms with Crippen LogP contribution >= 0.6 is 11.3 Å². The largest absolute Gasteiger partial charge is 0.468 e. The van der Waals surface area contributed by atoms with Crippen LogP contribution in [-0.4, -0.2) is 38.3 Å². The number of hydrogen-bond acceptors (Lipinski definition) is 5. The lowest BCUT2D eigenvalue weighted by molar-refractivity contribution is 0.0970. The van der Waals surface area contributed by atoms with Crippen molar-refractivity contribution in [2.24, 2.45) is 4.99 Å². The van der Waals surface area contributed by atoms with Crippen LogP contribution in [0.1, 0.15) is 22.5 Å². The molecule has 1 aliphatic heterocycles. The lowest BCUT2D eigenvalue weighted by Crippen LogP contribution is -2.32. The van der Waals surface area contributed by atoms with Gasteiger partial charge in [-0.3, -0.25) is 10.1 Å². The van der Waals surface area contributed by atoms with Crippen LogP contribution in [0.4, 0.5) is 0 Å². The third-order valence-electron chi connectivity index (χ3n) is 2.62. The Kier molecular flexibility index (Phi) is 4.72. The second-order valence-electron chi connectivity index (χ2n) is 3.92. The predicted octanol–water partition coefficient (Wildman–Crippen LogP) is 1.66. The first-order valence-electron chi connectivity index (χ1n) is 5.84. The summed E-state index contributed by atoms with van der Waals surface area (Å²) < 4.78 is 10.5. The van der Waals surface area contributed by atoms with Crippen LogP contribution < -0.4 is 5.32 Å². The van der Waals surface area contributed by atoms with Crippen molar-refractivity contribution in [2.75, 3.05) is 20.3 Å². The lowest BCUT2D eigenvalue weighted by Gasteiger charge is -2.08. The smallest absolute Gasteiger partial charge is 0.291 e. The molecule has 1 aliphatic rings. The minimum absolute atomic E-state index is 0.147. The van der Waals surface area contributed by atoms with Crippen molar-refractivity contribution in [3.05, 3.63) is 22.4 Å². The summed E-state index contributed by atoms with van der Waals surface area (Å²) in [5.74, 6) is -0.196. The van der Waals surface area contributed by atoms with Gasteiger partial charge >= 0.3 is 0 Å². The number of carbonyl (C=O) groups excluding carboxylic acids is 1. The molecular formula is C12H16N2O3S. The van der Waals surface area contributed by atoms with Crippen LogP contribution in [0.5, 0.6) is 0 Å². The van der Waals surface area contributed by atoms with E-state index in [0.717, 1.165) is 19.4 Å². The fourth-order valence-electron chi connectivity index (χ4n) is 1.69. The highest BCUT2D eigenvalue weighted by Crippen LogP contribution is 2.12. The van der Waals surface area contributed by atoms with Gasteiger partial charge in [0, 0.05) is 6.61 Å². The third-order valence-corrected chi connectivity index (χ3v) is 3.49. The molecule has 18 heavy (non-hydrogen) atoms. The molecule has 1 N–H and O–H groups in total. The number of methoxy groups -OCH3 is 1. The van der Waals surface area contributed by atoms with Crippen molar-refractivity contribution in [2.45, 2.75) is 18.9 Å². The Balaban J connectivity index is 1.88. The van der Waals surface area contributed by atoms with Crippen molar-refractivity contribution in [3.63, 3.8) is 0 Å². The minimum atomic E-state index is -0.196. The van der Waals surface area contributed by atoms with Gasteiger partial charge in [-0.05, 0) is 24.3 Å². The van der Waals surface area contributed by atoms with Crippen molar-refractivity contribution in [1.82, 2.24) is 5.32 Å². The summed E-state index contributed by atoms with van der Waals surface area (Å²) in [6.07, 6.45) is 2.23. The summed E-state index contributed by atoms with van der Waals surface area (Å²) in [7, 11) is 1.49.